The van der Waals surface area contributed by atoms with E-state index < -0.39 is 0 Å². The monoisotopic (exact) mass is 244 g/mol. The average molecular weight is 244 g/mol. The Balaban J connectivity index is 1.98. The van der Waals surface area contributed by atoms with Gasteiger partial charge in [0.15, 0.2) is 0 Å². The molecule has 0 saturated carbocycles. The summed E-state index contributed by atoms with van der Waals surface area (Å²) in [6.45, 7) is 4.02. The summed E-state index contributed by atoms with van der Waals surface area (Å²) in [5.41, 5.74) is 8.43. The molecule has 1 amide bonds. The van der Waals surface area contributed by atoms with Crippen LogP contribution in [0.4, 0.5) is 11.5 Å². The molecule has 3 N–H and O–H groups in total. The number of hydrogen-bond acceptors (Lipinski definition) is 3. The third-order valence-electron chi connectivity index (χ3n) is 2.62. The molecule has 0 unspecified atom stereocenters. The van der Waals surface area contributed by atoms with E-state index >= 15 is 0 Å². The maximum Gasteiger partial charge on any atom is 0.246 e. The number of aryl methyl sites for hydroxylation is 2. The molecule has 5 heteroatoms. The third-order valence-corrected chi connectivity index (χ3v) is 2.62. The van der Waals surface area contributed by atoms with Gasteiger partial charge in [-0.05, 0) is 26.0 Å². The van der Waals surface area contributed by atoms with E-state index in [9.17, 15) is 4.79 Å². The molecule has 0 aliphatic carbocycles. The number of carbonyl (C=O) groups is 1. The molecule has 18 heavy (non-hydrogen) atoms. The van der Waals surface area contributed by atoms with Crippen LogP contribution in [0.3, 0.4) is 0 Å². The number of nitrogen functional groups attached to an aromatic ring is 1. The average Bonchev–Trinajstić information content (AvgIpc) is 2.61. The van der Waals surface area contributed by atoms with Gasteiger partial charge in [-0.3, -0.25) is 9.48 Å². The molecule has 0 aliphatic heterocycles. The fraction of sp³-hybridized carbons (Fsp3) is 0.231. The molecule has 94 valence electrons. The second-order valence-corrected chi connectivity index (χ2v) is 4.31. The summed E-state index contributed by atoms with van der Waals surface area (Å²) >= 11 is 0. The molecule has 0 aliphatic rings. The van der Waals surface area contributed by atoms with Gasteiger partial charge in [-0.15, -0.1) is 0 Å². The van der Waals surface area contributed by atoms with Crippen molar-refractivity contribution in [1.29, 1.82) is 0 Å². The van der Waals surface area contributed by atoms with Gasteiger partial charge in [-0.2, -0.15) is 5.10 Å². The van der Waals surface area contributed by atoms with Gasteiger partial charge in [0, 0.05) is 17.4 Å². The minimum Gasteiger partial charge on any atom is -0.382 e. The van der Waals surface area contributed by atoms with Gasteiger partial charge in [0.1, 0.15) is 12.4 Å². The number of aromatic nitrogens is 2. The largest absolute Gasteiger partial charge is 0.382 e. The number of nitrogens with two attached hydrogens (primary N) is 1. The van der Waals surface area contributed by atoms with Crippen molar-refractivity contribution in [3.63, 3.8) is 0 Å². The molecule has 0 saturated heterocycles. The van der Waals surface area contributed by atoms with Crippen LogP contribution in [0.25, 0.3) is 0 Å². The molecule has 0 radical (unpaired) electrons. The summed E-state index contributed by atoms with van der Waals surface area (Å²) < 4.78 is 1.54. The Morgan fingerprint density at radius 2 is 2.00 bits per heavy atom. The number of rotatable bonds is 3. The van der Waals surface area contributed by atoms with Gasteiger partial charge in [-0.1, -0.05) is 17.7 Å². The predicted octanol–water partition coefficient (Wildman–Crippen LogP) is 1.72. The Bertz CT molecular complexity index is 537. The number of amides is 1. The molecule has 1 heterocycles. The third kappa shape index (κ3) is 2.88. The molecule has 5 nitrogen and oxygen atoms in total. The highest BCUT2D eigenvalue weighted by atomic mass is 16.2. The first-order valence-corrected chi connectivity index (χ1v) is 5.70. The van der Waals surface area contributed by atoms with Crippen LogP contribution in [0.2, 0.25) is 0 Å². The van der Waals surface area contributed by atoms with Gasteiger partial charge < -0.3 is 11.1 Å². The fourth-order valence-electron chi connectivity index (χ4n) is 1.60. The molecular formula is C13H16N4O. The Labute approximate surface area is 106 Å². The first-order chi connectivity index (χ1) is 8.54. The fourth-order valence-corrected chi connectivity index (χ4v) is 1.60. The van der Waals surface area contributed by atoms with Crippen LogP contribution in [0.1, 0.15) is 11.1 Å². The topological polar surface area (TPSA) is 72.9 Å². The Morgan fingerprint density at radius 3 is 2.56 bits per heavy atom. The molecule has 1 aromatic heterocycles. The molecule has 0 bridgehead atoms. The number of nitrogens with one attached hydrogen (secondary N) is 1. The van der Waals surface area contributed by atoms with Crippen molar-refractivity contribution >= 4 is 17.4 Å². The highest BCUT2D eigenvalue weighted by Gasteiger charge is 2.06. The lowest BCUT2D eigenvalue weighted by atomic mass is 10.2. The number of hydrogen-bond donors (Lipinski definition) is 2. The van der Waals surface area contributed by atoms with Gasteiger partial charge in [-0.25, -0.2) is 0 Å². The Hall–Kier alpha value is -2.30. The Morgan fingerprint density at radius 1 is 1.33 bits per heavy atom. The van der Waals surface area contributed by atoms with Crippen molar-refractivity contribution in [1.82, 2.24) is 9.78 Å². The van der Waals surface area contributed by atoms with Crippen molar-refractivity contribution in [3.05, 3.63) is 41.6 Å². The van der Waals surface area contributed by atoms with Crippen LogP contribution < -0.4 is 11.1 Å². The summed E-state index contributed by atoms with van der Waals surface area (Å²) in [6, 6.07) is 7.64. The number of anilines is 2. The van der Waals surface area contributed by atoms with Crippen LogP contribution in [0.15, 0.2) is 30.5 Å². The van der Waals surface area contributed by atoms with E-state index in [0.29, 0.717) is 5.82 Å². The van der Waals surface area contributed by atoms with Gasteiger partial charge in [0.25, 0.3) is 0 Å². The first kappa shape index (κ1) is 12.2. The standard InChI is InChI=1S/C13H16N4O/c1-9-3-5-11(6-4-9)15-12(18)8-17-7-10(2)13(14)16-17/h3-7H,8H2,1-2H3,(H2,14,16)(H,15,18). The molecule has 1 aromatic carbocycles. The number of benzene rings is 1. The van der Waals surface area contributed by atoms with E-state index in [-0.39, 0.29) is 12.5 Å². The molecule has 2 aromatic rings. The zero-order chi connectivity index (χ0) is 13.1. The normalized spacial score (nSPS) is 10.3. The molecule has 0 atom stereocenters. The summed E-state index contributed by atoms with van der Waals surface area (Å²) in [5, 5.41) is 6.85. The maximum atomic E-state index is 11.8. The van der Waals surface area contributed by atoms with Crippen LogP contribution in [0, 0.1) is 13.8 Å². The van der Waals surface area contributed by atoms with Crippen molar-refractivity contribution in [2.75, 3.05) is 11.1 Å². The van der Waals surface area contributed by atoms with E-state index in [1.54, 1.807) is 6.20 Å². The van der Waals surface area contributed by atoms with Crippen LogP contribution >= 0.6 is 0 Å². The first-order valence-electron chi connectivity index (χ1n) is 5.70. The SMILES string of the molecule is Cc1ccc(NC(=O)Cn2cc(C)c(N)n2)cc1. The maximum absolute atomic E-state index is 11.8. The van der Waals surface area contributed by atoms with Crippen molar-refractivity contribution < 1.29 is 4.79 Å². The lowest BCUT2D eigenvalue weighted by molar-refractivity contribution is -0.116. The smallest absolute Gasteiger partial charge is 0.246 e. The van der Waals surface area contributed by atoms with E-state index in [1.165, 1.54) is 4.68 Å². The van der Waals surface area contributed by atoms with Crippen molar-refractivity contribution in [3.8, 4) is 0 Å². The minimum atomic E-state index is -0.124. The minimum absolute atomic E-state index is 0.124. The van der Waals surface area contributed by atoms with E-state index in [4.69, 9.17) is 5.73 Å². The van der Waals surface area contributed by atoms with Crippen LogP contribution in [-0.4, -0.2) is 15.7 Å². The lowest BCUT2D eigenvalue weighted by Crippen LogP contribution is -2.19. The summed E-state index contributed by atoms with van der Waals surface area (Å²) in [4.78, 5) is 11.8. The highest BCUT2D eigenvalue weighted by Crippen LogP contribution is 2.09. The number of carbonyl (C=O) groups excluding carboxylic acids is 1. The quantitative estimate of drug-likeness (QED) is 0.863. The van der Waals surface area contributed by atoms with Crippen molar-refractivity contribution in [2.24, 2.45) is 0 Å². The van der Waals surface area contributed by atoms with Crippen LogP contribution in [0.5, 0.6) is 0 Å². The van der Waals surface area contributed by atoms with E-state index in [0.717, 1.165) is 16.8 Å². The van der Waals surface area contributed by atoms with Gasteiger partial charge in [0.05, 0.1) is 0 Å². The summed E-state index contributed by atoms with van der Waals surface area (Å²) in [5.74, 6) is 0.333. The second kappa shape index (κ2) is 4.91. The molecular weight excluding hydrogens is 228 g/mol. The molecule has 0 spiro atoms. The van der Waals surface area contributed by atoms with Crippen LogP contribution in [-0.2, 0) is 11.3 Å². The van der Waals surface area contributed by atoms with E-state index in [1.807, 2.05) is 38.1 Å². The zero-order valence-electron chi connectivity index (χ0n) is 10.5. The van der Waals surface area contributed by atoms with E-state index in [2.05, 4.69) is 10.4 Å². The van der Waals surface area contributed by atoms with Crippen molar-refractivity contribution in [2.45, 2.75) is 20.4 Å². The molecule has 0 fully saturated rings. The second-order valence-electron chi connectivity index (χ2n) is 4.31. The molecule has 2 rings (SSSR count). The highest BCUT2D eigenvalue weighted by molar-refractivity contribution is 5.90. The lowest BCUT2D eigenvalue weighted by Gasteiger charge is -2.05. The summed E-state index contributed by atoms with van der Waals surface area (Å²) in [7, 11) is 0. The van der Waals surface area contributed by atoms with Gasteiger partial charge >= 0.3 is 0 Å². The van der Waals surface area contributed by atoms with Gasteiger partial charge in [0.2, 0.25) is 5.91 Å². The number of nitrogens with zero attached hydrogens (tertiary/aromatic N) is 2. The Kier molecular flexibility index (Phi) is 3.32. The predicted molar refractivity (Wildman–Crippen MR) is 71.2 cm³/mol. The zero-order valence-corrected chi connectivity index (χ0v) is 10.5. The summed E-state index contributed by atoms with van der Waals surface area (Å²) in [6.07, 6.45) is 1.75.